The maximum absolute atomic E-state index is 13.8. The van der Waals surface area contributed by atoms with Crippen LogP contribution >= 0.6 is 34.8 Å². The molecule has 2 aliphatic heterocycles. The number of carbonyl (C=O) groups excluding carboxylic acids is 2. The van der Waals surface area contributed by atoms with E-state index in [4.69, 9.17) is 39.5 Å². The van der Waals surface area contributed by atoms with Crippen molar-refractivity contribution in [1.82, 2.24) is 14.1 Å². The van der Waals surface area contributed by atoms with Crippen molar-refractivity contribution < 1.29 is 22.7 Å². The number of nitrogens with zero attached hydrogens (tertiary/aromatic N) is 3. The normalized spacial score (nSPS) is 19.7. The molecule has 0 radical (unpaired) electrons. The maximum atomic E-state index is 13.8. The van der Waals surface area contributed by atoms with Crippen molar-refractivity contribution in [2.24, 2.45) is 5.92 Å². The van der Waals surface area contributed by atoms with Gasteiger partial charge in [-0.05, 0) is 63.4 Å². The number of piperazine rings is 1. The van der Waals surface area contributed by atoms with E-state index < -0.39 is 27.8 Å². The first-order valence-corrected chi connectivity index (χ1v) is 15.3. The van der Waals surface area contributed by atoms with Crippen LogP contribution in [0.2, 0.25) is 15.1 Å². The minimum Gasteiger partial charge on any atom is -0.444 e. The fourth-order valence-electron chi connectivity index (χ4n) is 4.94. The zero-order valence-corrected chi connectivity index (χ0v) is 25.2. The van der Waals surface area contributed by atoms with Gasteiger partial charge in [0.1, 0.15) is 10.5 Å². The summed E-state index contributed by atoms with van der Waals surface area (Å²) >= 11 is 18.7. The average Bonchev–Trinajstić information content (AvgIpc) is 2.88. The highest BCUT2D eigenvalue weighted by atomic mass is 35.5. The fourth-order valence-corrected chi connectivity index (χ4v) is 7.41. The van der Waals surface area contributed by atoms with E-state index in [0.717, 1.165) is 5.56 Å². The van der Waals surface area contributed by atoms with Crippen LogP contribution in [0.15, 0.2) is 47.4 Å². The van der Waals surface area contributed by atoms with Gasteiger partial charge in [0.15, 0.2) is 0 Å². The predicted molar refractivity (Wildman–Crippen MR) is 152 cm³/mol. The van der Waals surface area contributed by atoms with Crippen molar-refractivity contribution in [3.05, 3.63) is 63.1 Å². The number of hydrogen-bond acceptors (Lipinski definition) is 5. The first-order valence-electron chi connectivity index (χ1n) is 12.8. The zero-order valence-electron chi connectivity index (χ0n) is 22.1. The lowest BCUT2D eigenvalue weighted by atomic mass is 9.93. The molecule has 12 heteroatoms. The average molecular weight is 617 g/mol. The van der Waals surface area contributed by atoms with Crippen molar-refractivity contribution >= 4 is 56.8 Å². The molecule has 8 nitrogen and oxygen atoms in total. The molecule has 4 rings (SSSR count). The summed E-state index contributed by atoms with van der Waals surface area (Å²) in [5.41, 5.74) is 0.101. The summed E-state index contributed by atoms with van der Waals surface area (Å²) in [6, 6.07) is 11.2. The number of sulfonamides is 1. The molecule has 212 valence electrons. The lowest BCUT2D eigenvalue weighted by Gasteiger charge is -2.44. The second-order valence-corrected chi connectivity index (χ2v) is 13.9. The summed E-state index contributed by atoms with van der Waals surface area (Å²) in [5, 5.41) is 0.882. The molecule has 0 saturated carbocycles. The Morgan fingerprint density at radius 1 is 0.923 bits per heavy atom. The fraction of sp³-hybridized carbons (Fsp3) is 0.481. The van der Waals surface area contributed by atoms with E-state index in [0.29, 0.717) is 31.0 Å². The Hall–Kier alpha value is -2.04. The molecule has 0 spiro atoms. The molecular formula is C27H32Cl3N3O5S. The molecule has 0 bridgehead atoms. The number of hydrogen-bond donors (Lipinski definition) is 0. The number of ether oxygens (including phenoxy) is 1. The Morgan fingerprint density at radius 2 is 1.59 bits per heavy atom. The van der Waals surface area contributed by atoms with Crippen LogP contribution in [0.1, 0.15) is 45.2 Å². The maximum Gasteiger partial charge on any atom is 0.410 e. The molecule has 0 N–H and O–H groups in total. The Bertz CT molecular complexity index is 1340. The van der Waals surface area contributed by atoms with E-state index in [9.17, 15) is 18.0 Å². The number of piperidine rings is 1. The van der Waals surface area contributed by atoms with Gasteiger partial charge in [-0.25, -0.2) is 13.2 Å². The van der Waals surface area contributed by atoms with Gasteiger partial charge in [-0.3, -0.25) is 4.79 Å². The van der Waals surface area contributed by atoms with E-state index in [1.807, 2.05) is 39.0 Å². The second-order valence-electron chi connectivity index (χ2n) is 10.7. The highest BCUT2D eigenvalue weighted by Gasteiger charge is 2.40. The van der Waals surface area contributed by atoms with Crippen LogP contribution in [0.4, 0.5) is 4.79 Å². The Balaban J connectivity index is 1.50. The minimum atomic E-state index is -3.86. The highest BCUT2D eigenvalue weighted by Crippen LogP contribution is 2.35. The third kappa shape index (κ3) is 6.82. The van der Waals surface area contributed by atoms with E-state index >= 15 is 0 Å². The summed E-state index contributed by atoms with van der Waals surface area (Å²) in [5.74, 6) is -0.453. The van der Waals surface area contributed by atoms with Gasteiger partial charge in [0, 0.05) is 48.7 Å². The van der Waals surface area contributed by atoms with Gasteiger partial charge in [-0.15, -0.1) is 0 Å². The van der Waals surface area contributed by atoms with Gasteiger partial charge in [0.05, 0.1) is 11.1 Å². The van der Waals surface area contributed by atoms with Gasteiger partial charge in [-0.2, -0.15) is 4.31 Å². The standard InChI is InChI=1S/C27H32Cl3N3O5S/c1-27(2,3)38-26(35)31-14-15-33(23(17-31)20-6-4-5-7-21(20)29)25(34)18-10-12-32(13-11-18)39(36,37)24-16-19(28)8-9-22(24)30/h4-9,16,18,23H,10-15,17H2,1-3H3. The molecule has 1 unspecified atom stereocenters. The third-order valence-corrected chi connectivity index (χ3v) is 9.85. The summed E-state index contributed by atoms with van der Waals surface area (Å²) in [4.78, 5) is 30.0. The van der Waals surface area contributed by atoms with Crippen LogP contribution < -0.4 is 0 Å². The Labute approximate surface area is 244 Å². The van der Waals surface area contributed by atoms with Gasteiger partial charge in [-0.1, -0.05) is 53.0 Å². The van der Waals surface area contributed by atoms with E-state index in [2.05, 4.69) is 0 Å². The van der Waals surface area contributed by atoms with Crippen LogP contribution in [0.3, 0.4) is 0 Å². The molecule has 2 saturated heterocycles. The van der Waals surface area contributed by atoms with Crippen LogP contribution in [0.5, 0.6) is 0 Å². The van der Waals surface area contributed by atoms with E-state index in [1.165, 1.54) is 22.5 Å². The van der Waals surface area contributed by atoms with Gasteiger partial charge >= 0.3 is 6.09 Å². The smallest absolute Gasteiger partial charge is 0.410 e. The van der Waals surface area contributed by atoms with E-state index in [1.54, 1.807) is 15.9 Å². The molecule has 0 aromatic heterocycles. The second kappa shape index (κ2) is 11.8. The summed E-state index contributed by atoms with van der Waals surface area (Å²) < 4.78 is 33.4. The van der Waals surface area contributed by atoms with Crippen molar-refractivity contribution in [2.45, 2.75) is 50.2 Å². The molecular weight excluding hydrogens is 585 g/mol. The molecule has 2 fully saturated rings. The molecule has 39 heavy (non-hydrogen) atoms. The molecule has 2 aromatic carbocycles. The van der Waals surface area contributed by atoms with E-state index in [-0.39, 0.29) is 46.4 Å². The Morgan fingerprint density at radius 3 is 2.23 bits per heavy atom. The molecule has 1 atom stereocenters. The molecule has 2 aliphatic rings. The number of benzene rings is 2. The largest absolute Gasteiger partial charge is 0.444 e. The monoisotopic (exact) mass is 615 g/mol. The van der Waals surface area contributed by atoms with Gasteiger partial charge < -0.3 is 14.5 Å². The highest BCUT2D eigenvalue weighted by molar-refractivity contribution is 7.89. The van der Waals surface area contributed by atoms with Crippen LogP contribution in [0, 0.1) is 5.92 Å². The molecule has 2 heterocycles. The quantitative estimate of drug-likeness (QED) is 0.429. The van der Waals surface area contributed by atoms with Crippen LogP contribution in [-0.4, -0.2) is 72.8 Å². The van der Waals surface area contributed by atoms with Crippen molar-refractivity contribution in [3.8, 4) is 0 Å². The summed E-state index contributed by atoms with van der Waals surface area (Å²) in [7, 11) is -3.86. The number of rotatable bonds is 4. The number of halogens is 3. The first-order chi connectivity index (χ1) is 18.3. The third-order valence-electron chi connectivity index (χ3n) is 6.89. The SMILES string of the molecule is CC(C)(C)OC(=O)N1CCN(C(=O)C2CCN(S(=O)(=O)c3cc(Cl)ccc3Cl)CC2)C(c2ccccc2Cl)C1. The topological polar surface area (TPSA) is 87.2 Å². The lowest BCUT2D eigenvalue weighted by molar-refractivity contribution is -0.142. The Kier molecular flexibility index (Phi) is 9.08. The summed E-state index contributed by atoms with van der Waals surface area (Å²) in [6.07, 6.45) is 0.278. The lowest BCUT2D eigenvalue weighted by Crippen LogP contribution is -2.55. The van der Waals surface area contributed by atoms with Gasteiger partial charge in [0.2, 0.25) is 15.9 Å². The van der Waals surface area contributed by atoms with Crippen molar-refractivity contribution in [2.75, 3.05) is 32.7 Å². The molecule has 2 amide bonds. The summed E-state index contributed by atoms with van der Waals surface area (Å²) in [6.45, 7) is 6.65. The molecule has 2 aromatic rings. The van der Waals surface area contributed by atoms with Crippen LogP contribution in [0.25, 0.3) is 0 Å². The van der Waals surface area contributed by atoms with Crippen molar-refractivity contribution in [3.63, 3.8) is 0 Å². The number of amides is 2. The predicted octanol–water partition coefficient (Wildman–Crippen LogP) is 5.87. The van der Waals surface area contributed by atoms with Crippen molar-refractivity contribution in [1.29, 1.82) is 0 Å². The van der Waals surface area contributed by atoms with Gasteiger partial charge in [0.25, 0.3) is 0 Å². The molecule has 0 aliphatic carbocycles. The first kappa shape index (κ1) is 29.9. The minimum absolute atomic E-state index is 0.0431. The van der Waals surface area contributed by atoms with Crippen LogP contribution in [-0.2, 0) is 19.6 Å². The zero-order chi connectivity index (χ0) is 28.5. The number of carbonyl (C=O) groups is 2.